The van der Waals surface area contributed by atoms with Crippen LogP contribution < -0.4 is 0 Å². The second-order valence-electron chi connectivity index (χ2n) is 6.99. The average molecular weight is 335 g/mol. The van der Waals surface area contributed by atoms with Gasteiger partial charge in [0.1, 0.15) is 0 Å². The molecule has 0 bridgehead atoms. The minimum Gasteiger partial charge on any atom is -0.327 e. The van der Waals surface area contributed by atoms with Gasteiger partial charge in [-0.3, -0.25) is 9.69 Å². The number of hydrogen-bond donors (Lipinski definition) is 0. The maximum Gasteiger partial charge on any atom is 0.228 e. The maximum absolute atomic E-state index is 12.9. The molecule has 2 aliphatic rings. The normalized spacial score (nSPS) is 21.3. The fourth-order valence-electron chi connectivity index (χ4n) is 4.24. The number of carbonyl (C=O) groups is 1. The molecule has 1 saturated carbocycles. The van der Waals surface area contributed by atoms with Crippen molar-refractivity contribution in [2.24, 2.45) is 0 Å². The van der Waals surface area contributed by atoms with Crippen LogP contribution in [0, 0.1) is 0 Å². The lowest BCUT2D eigenvalue weighted by molar-refractivity contribution is -0.147. The average Bonchev–Trinajstić information content (AvgIpc) is 3.12. The summed E-state index contributed by atoms with van der Waals surface area (Å²) in [5.41, 5.74) is 0.997. The van der Waals surface area contributed by atoms with Gasteiger partial charge >= 0.3 is 0 Å². The van der Waals surface area contributed by atoms with Crippen LogP contribution in [0.25, 0.3) is 0 Å². The molecule has 0 atom stereocenters. The number of nitrogens with zero attached hydrogens (tertiary/aromatic N) is 2. The van der Waals surface area contributed by atoms with Crippen molar-refractivity contribution in [2.75, 3.05) is 20.1 Å². The number of likely N-dealkylation sites (tertiary alicyclic amines) is 1. The molecule has 0 unspecified atom stereocenters. The molecule has 1 aliphatic heterocycles. The van der Waals surface area contributed by atoms with Crippen LogP contribution in [0.15, 0.2) is 24.3 Å². The number of carbonyl (C=O) groups excluding carboxylic acids is 1. The predicted molar refractivity (Wildman–Crippen MR) is 94.5 cm³/mol. The van der Waals surface area contributed by atoms with Crippen LogP contribution in [0.5, 0.6) is 0 Å². The highest BCUT2D eigenvalue weighted by atomic mass is 35.5. The molecule has 1 saturated heterocycles. The first-order valence-electron chi connectivity index (χ1n) is 8.88. The maximum atomic E-state index is 12.9. The molecule has 1 amide bonds. The van der Waals surface area contributed by atoms with Crippen LogP contribution in [0.1, 0.15) is 50.5 Å². The van der Waals surface area contributed by atoms with Gasteiger partial charge in [0.25, 0.3) is 0 Å². The van der Waals surface area contributed by atoms with E-state index in [4.69, 9.17) is 11.6 Å². The highest BCUT2D eigenvalue weighted by Gasteiger charge is 2.44. The minimum atomic E-state index is -0.0434. The number of likely N-dealkylation sites (N-methyl/N-ethyl adjacent to an activating group) is 1. The van der Waals surface area contributed by atoms with Crippen molar-refractivity contribution in [1.29, 1.82) is 0 Å². The highest BCUT2D eigenvalue weighted by molar-refractivity contribution is 6.30. The summed E-state index contributed by atoms with van der Waals surface area (Å²) in [7, 11) is 2.02. The quantitative estimate of drug-likeness (QED) is 0.827. The smallest absolute Gasteiger partial charge is 0.228 e. The number of hydrogen-bond acceptors (Lipinski definition) is 2. The SMILES string of the molecule is CN(C(=O)Cc1ccc(Cl)cc1)C1(N2CCCC2)CCCCC1. The van der Waals surface area contributed by atoms with Crippen LogP contribution in [0.2, 0.25) is 5.02 Å². The molecule has 1 aromatic rings. The Hall–Kier alpha value is -1.06. The Labute approximate surface area is 144 Å². The molecule has 0 aromatic heterocycles. The van der Waals surface area contributed by atoms with Gasteiger partial charge in [0.15, 0.2) is 0 Å². The summed E-state index contributed by atoms with van der Waals surface area (Å²) in [5, 5.41) is 0.718. The van der Waals surface area contributed by atoms with Gasteiger partial charge in [-0.25, -0.2) is 0 Å². The first-order chi connectivity index (χ1) is 11.1. The Kier molecular flexibility index (Phi) is 5.27. The second kappa shape index (κ2) is 7.23. The van der Waals surface area contributed by atoms with Gasteiger partial charge in [0, 0.05) is 25.2 Å². The lowest BCUT2D eigenvalue weighted by atomic mass is 9.86. The van der Waals surface area contributed by atoms with E-state index in [1.807, 2.05) is 31.3 Å². The summed E-state index contributed by atoms with van der Waals surface area (Å²) in [6.07, 6.45) is 9.00. The van der Waals surface area contributed by atoms with E-state index in [0.29, 0.717) is 6.42 Å². The van der Waals surface area contributed by atoms with Crippen molar-refractivity contribution < 1.29 is 4.79 Å². The molecular formula is C19H27ClN2O. The zero-order valence-electron chi connectivity index (χ0n) is 14.1. The van der Waals surface area contributed by atoms with Gasteiger partial charge in [0.05, 0.1) is 12.1 Å². The van der Waals surface area contributed by atoms with Gasteiger partial charge in [-0.1, -0.05) is 30.2 Å². The first kappa shape index (κ1) is 16.8. The van der Waals surface area contributed by atoms with E-state index < -0.39 is 0 Å². The number of halogens is 1. The fraction of sp³-hybridized carbons (Fsp3) is 0.632. The van der Waals surface area contributed by atoms with Crippen LogP contribution in [-0.2, 0) is 11.2 Å². The largest absolute Gasteiger partial charge is 0.327 e. The van der Waals surface area contributed by atoms with E-state index in [1.54, 1.807) is 0 Å². The van der Waals surface area contributed by atoms with Crippen LogP contribution >= 0.6 is 11.6 Å². The third kappa shape index (κ3) is 3.56. The highest BCUT2D eigenvalue weighted by Crippen LogP contribution is 2.38. The summed E-state index contributed by atoms with van der Waals surface area (Å²) in [4.78, 5) is 17.6. The topological polar surface area (TPSA) is 23.6 Å². The zero-order chi connectivity index (χ0) is 16.3. The Bertz CT molecular complexity index is 531. The molecule has 3 nitrogen and oxygen atoms in total. The van der Waals surface area contributed by atoms with E-state index in [-0.39, 0.29) is 11.6 Å². The standard InChI is InChI=1S/C19H27ClN2O/c1-21(18(23)15-16-7-9-17(20)10-8-16)19(11-3-2-4-12-19)22-13-5-6-14-22/h7-10H,2-6,11-15H2,1H3. The predicted octanol–water partition coefficient (Wildman–Crippen LogP) is 4.10. The zero-order valence-corrected chi connectivity index (χ0v) is 14.8. The van der Waals surface area contributed by atoms with E-state index in [9.17, 15) is 4.79 Å². The third-order valence-corrected chi connectivity index (χ3v) is 5.87. The molecule has 126 valence electrons. The Balaban J connectivity index is 1.75. The van der Waals surface area contributed by atoms with E-state index in [0.717, 1.165) is 36.5 Å². The number of amides is 1. The Morgan fingerprint density at radius 3 is 2.30 bits per heavy atom. The lowest BCUT2D eigenvalue weighted by Crippen LogP contribution is -2.61. The lowest BCUT2D eigenvalue weighted by Gasteiger charge is -2.50. The van der Waals surface area contributed by atoms with Crippen molar-refractivity contribution in [3.8, 4) is 0 Å². The summed E-state index contributed by atoms with van der Waals surface area (Å²) in [6.45, 7) is 2.27. The van der Waals surface area contributed by atoms with Crippen molar-refractivity contribution in [3.05, 3.63) is 34.9 Å². The van der Waals surface area contributed by atoms with Gasteiger partial charge in [-0.2, -0.15) is 0 Å². The molecule has 0 spiro atoms. The molecule has 1 heterocycles. The molecule has 1 aliphatic carbocycles. The summed E-state index contributed by atoms with van der Waals surface area (Å²) < 4.78 is 0. The number of benzene rings is 1. The molecule has 4 heteroatoms. The molecule has 23 heavy (non-hydrogen) atoms. The van der Waals surface area contributed by atoms with Crippen molar-refractivity contribution in [3.63, 3.8) is 0 Å². The molecular weight excluding hydrogens is 308 g/mol. The summed E-state index contributed by atoms with van der Waals surface area (Å²) in [5.74, 6) is 0.223. The monoisotopic (exact) mass is 334 g/mol. The van der Waals surface area contributed by atoms with Crippen molar-refractivity contribution in [1.82, 2.24) is 9.80 Å². The first-order valence-corrected chi connectivity index (χ1v) is 9.26. The van der Waals surface area contributed by atoms with E-state index in [2.05, 4.69) is 9.80 Å². The van der Waals surface area contributed by atoms with Crippen LogP contribution in [0.3, 0.4) is 0 Å². The molecule has 0 radical (unpaired) electrons. The van der Waals surface area contributed by atoms with Crippen LogP contribution in [0.4, 0.5) is 0 Å². The van der Waals surface area contributed by atoms with Gasteiger partial charge in [-0.05, 0) is 56.2 Å². The second-order valence-corrected chi connectivity index (χ2v) is 7.43. The molecule has 1 aromatic carbocycles. The fourth-order valence-corrected chi connectivity index (χ4v) is 4.37. The van der Waals surface area contributed by atoms with Gasteiger partial charge in [0.2, 0.25) is 5.91 Å². The van der Waals surface area contributed by atoms with Crippen LogP contribution in [-0.4, -0.2) is 41.5 Å². The molecule has 0 N–H and O–H groups in total. The van der Waals surface area contributed by atoms with Gasteiger partial charge < -0.3 is 4.90 Å². The van der Waals surface area contributed by atoms with Crippen molar-refractivity contribution in [2.45, 2.75) is 57.0 Å². The van der Waals surface area contributed by atoms with E-state index in [1.165, 1.54) is 32.1 Å². The molecule has 2 fully saturated rings. The minimum absolute atomic E-state index is 0.0434. The van der Waals surface area contributed by atoms with Crippen molar-refractivity contribution >= 4 is 17.5 Å². The van der Waals surface area contributed by atoms with Gasteiger partial charge in [-0.15, -0.1) is 0 Å². The van der Waals surface area contributed by atoms with E-state index >= 15 is 0 Å². The number of rotatable bonds is 4. The summed E-state index contributed by atoms with van der Waals surface area (Å²) >= 11 is 5.94. The summed E-state index contributed by atoms with van der Waals surface area (Å²) in [6, 6.07) is 7.64. The Morgan fingerprint density at radius 2 is 1.70 bits per heavy atom. The Morgan fingerprint density at radius 1 is 1.09 bits per heavy atom. The molecule has 3 rings (SSSR count). The third-order valence-electron chi connectivity index (χ3n) is 5.62.